The number of benzene rings is 1. The van der Waals surface area contributed by atoms with E-state index in [0.29, 0.717) is 11.6 Å². The Kier molecular flexibility index (Phi) is 3.97. The smallest absolute Gasteiger partial charge is 0.327 e. The molecule has 2 atom stereocenters. The Morgan fingerprint density at radius 2 is 2.33 bits per heavy atom. The fraction of sp³-hybridized carbons (Fsp3) is 0.500. The zero-order chi connectivity index (χ0) is 13.1. The lowest BCUT2D eigenvalue weighted by molar-refractivity contribution is -0.147. The van der Waals surface area contributed by atoms with Gasteiger partial charge in [0.25, 0.3) is 0 Å². The van der Waals surface area contributed by atoms with Gasteiger partial charge in [0.1, 0.15) is 11.9 Å². The van der Waals surface area contributed by atoms with Crippen LogP contribution in [0.25, 0.3) is 0 Å². The third-order valence-electron chi connectivity index (χ3n) is 3.52. The standard InChI is InChI=1S/C14H18FNO2/c1-10-5-4-8-16(10)13(14(17)18-2)11-6-3-7-12(15)9-11/h3,6-7,9-10,13H,4-5,8H2,1-2H3/t10-,13-/m0/s1. The van der Waals surface area contributed by atoms with Crippen LogP contribution in [0.2, 0.25) is 0 Å². The molecular weight excluding hydrogens is 233 g/mol. The van der Waals surface area contributed by atoms with Gasteiger partial charge in [-0.05, 0) is 44.0 Å². The third-order valence-corrected chi connectivity index (χ3v) is 3.52. The van der Waals surface area contributed by atoms with Gasteiger partial charge in [0.15, 0.2) is 0 Å². The first kappa shape index (κ1) is 13.0. The summed E-state index contributed by atoms with van der Waals surface area (Å²) in [6.45, 7) is 2.93. The highest BCUT2D eigenvalue weighted by atomic mass is 19.1. The van der Waals surface area contributed by atoms with Crippen LogP contribution in [0.1, 0.15) is 31.4 Å². The van der Waals surface area contributed by atoms with E-state index in [1.54, 1.807) is 12.1 Å². The molecule has 0 aromatic heterocycles. The summed E-state index contributed by atoms with van der Waals surface area (Å²) in [6.07, 6.45) is 2.12. The molecule has 0 spiro atoms. The van der Waals surface area contributed by atoms with Crippen LogP contribution < -0.4 is 0 Å². The number of halogens is 1. The highest BCUT2D eigenvalue weighted by molar-refractivity contribution is 5.77. The predicted octanol–water partition coefficient (Wildman–Crippen LogP) is 2.52. The number of methoxy groups -OCH3 is 1. The number of likely N-dealkylation sites (tertiary alicyclic amines) is 1. The predicted molar refractivity (Wildman–Crippen MR) is 66.6 cm³/mol. The van der Waals surface area contributed by atoms with E-state index < -0.39 is 6.04 Å². The minimum absolute atomic E-state index is 0.317. The van der Waals surface area contributed by atoms with Gasteiger partial charge in [-0.3, -0.25) is 4.90 Å². The number of ether oxygens (including phenoxy) is 1. The van der Waals surface area contributed by atoms with Gasteiger partial charge in [-0.25, -0.2) is 9.18 Å². The van der Waals surface area contributed by atoms with Crippen molar-refractivity contribution in [2.75, 3.05) is 13.7 Å². The average molecular weight is 251 g/mol. The first-order valence-electron chi connectivity index (χ1n) is 6.22. The summed E-state index contributed by atoms with van der Waals surface area (Å²) >= 11 is 0. The molecule has 0 aliphatic carbocycles. The molecule has 0 amide bonds. The third kappa shape index (κ3) is 2.53. The van der Waals surface area contributed by atoms with Crippen molar-refractivity contribution in [3.63, 3.8) is 0 Å². The molecule has 1 heterocycles. The van der Waals surface area contributed by atoms with Crippen molar-refractivity contribution in [2.24, 2.45) is 0 Å². The first-order chi connectivity index (χ1) is 8.63. The largest absolute Gasteiger partial charge is 0.468 e. The monoisotopic (exact) mass is 251 g/mol. The Labute approximate surface area is 107 Å². The van der Waals surface area contributed by atoms with E-state index in [1.807, 2.05) is 0 Å². The molecule has 1 aromatic carbocycles. The number of carbonyl (C=O) groups excluding carboxylic acids is 1. The maximum atomic E-state index is 13.3. The minimum atomic E-state index is -0.497. The fourth-order valence-corrected chi connectivity index (χ4v) is 2.59. The molecule has 1 fully saturated rings. The molecule has 0 radical (unpaired) electrons. The molecule has 18 heavy (non-hydrogen) atoms. The molecule has 98 valence electrons. The SMILES string of the molecule is COC(=O)[C@H](c1cccc(F)c1)N1CCC[C@@H]1C. The fourth-order valence-electron chi connectivity index (χ4n) is 2.59. The number of esters is 1. The van der Waals surface area contributed by atoms with Crippen molar-refractivity contribution in [3.8, 4) is 0 Å². The zero-order valence-corrected chi connectivity index (χ0v) is 10.7. The topological polar surface area (TPSA) is 29.5 Å². The van der Waals surface area contributed by atoms with Crippen LogP contribution in [0, 0.1) is 5.82 Å². The molecule has 0 unspecified atom stereocenters. The second kappa shape index (κ2) is 5.48. The van der Waals surface area contributed by atoms with E-state index >= 15 is 0 Å². The maximum Gasteiger partial charge on any atom is 0.327 e. The van der Waals surface area contributed by atoms with E-state index in [2.05, 4.69) is 11.8 Å². The van der Waals surface area contributed by atoms with Crippen LogP contribution in [-0.2, 0) is 9.53 Å². The molecule has 1 aliphatic heterocycles. The quantitative estimate of drug-likeness (QED) is 0.773. The van der Waals surface area contributed by atoms with E-state index in [0.717, 1.165) is 19.4 Å². The van der Waals surface area contributed by atoms with Gasteiger partial charge in [-0.1, -0.05) is 12.1 Å². The van der Waals surface area contributed by atoms with Crippen LogP contribution in [0.15, 0.2) is 24.3 Å². The van der Waals surface area contributed by atoms with Crippen LogP contribution >= 0.6 is 0 Å². The lowest BCUT2D eigenvalue weighted by atomic mass is 10.0. The minimum Gasteiger partial charge on any atom is -0.468 e. The van der Waals surface area contributed by atoms with E-state index in [9.17, 15) is 9.18 Å². The van der Waals surface area contributed by atoms with E-state index in [1.165, 1.54) is 19.2 Å². The number of rotatable bonds is 3. The van der Waals surface area contributed by atoms with Crippen LogP contribution in [-0.4, -0.2) is 30.6 Å². The molecule has 2 rings (SSSR count). The first-order valence-corrected chi connectivity index (χ1v) is 6.22. The molecule has 1 aromatic rings. The van der Waals surface area contributed by atoms with Gasteiger partial charge in [-0.15, -0.1) is 0 Å². The Bertz CT molecular complexity index is 436. The molecule has 1 saturated heterocycles. The molecule has 4 heteroatoms. The summed E-state index contributed by atoms with van der Waals surface area (Å²) in [5.74, 6) is -0.650. The number of hydrogen-bond acceptors (Lipinski definition) is 3. The van der Waals surface area contributed by atoms with Crippen molar-refractivity contribution in [1.29, 1.82) is 0 Å². The summed E-state index contributed by atoms with van der Waals surface area (Å²) in [4.78, 5) is 14.1. The van der Waals surface area contributed by atoms with Crippen molar-refractivity contribution in [1.82, 2.24) is 4.90 Å². The van der Waals surface area contributed by atoms with Gasteiger partial charge in [-0.2, -0.15) is 0 Å². The second-order valence-corrected chi connectivity index (χ2v) is 4.71. The lowest BCUT2D eigenvalue weighted by Gasteiger charge is -2.29. The number of hydrogen-bond donors (Lipinski definition) is 0. The Hall–Kier alpha value is -1.42. The van der Waals surface area contributed by atoms with Gasteiger partial charge in [0, 0.05) is 6.04 Å². The number of carbonyl (C=O) groups is 1. The molecule has 3 nitrogen and oxygen atoms in total. The maximum absolute atomic E-state index is 13.3. The lowest BCUT2D eigenvalue weighted by Crippen LogP contribution is -2.37. The summed E-state index contributed by atoms with van der Waals surface area (Å²) in [6, 6.07) is 6.01. The van der Waals surface area contributed by atoms with Crippen LogP contribution in [0.4, 0.5) is 4.39 Å². The molecular formula is C14H18FNO2. The Morgan fingerprint density at radius 1 is 1.56 bits per heavy atom. The van der Waals surface area contributed by atoms with Crippen molar-refractivity contribution in [2.45, 2.75) is 31.8 Å². The molecule has 0 bridgehead atoms. The van der Waals surface area contributed by atoms with Gasteiger partial charge < -0.3 is 4.74 Å². The van der Waals surface area contributed by atoms with E-state index in [4.69, 9.17) is 4.74 Å². The molecule has 0 saturated carbocycles. The average Bonchev–Trinajstić information content (AvgIpc) is 2.76. The summed E-state index contributed by atoms with van der Waals surface area (Å²) in [5.41, 5.74) is 0.663. The highest BCUT2D eigenvalue weighted by Crippen LogP contribution is 2.30. The summed E-state index contributed by atoms with van der Waals surface area (Å²) in [5, 5.41) is 0. The Morgan fingerprint density at radius 3 is 2.89 bits per heavy atom. The molecule has 0 N–H and O–H groups in total. The highest BCUT2D eigenvalue weighted by Gasteiger charge is 2.34. The van der Waals surface area contributed by atoms with Gasteiger partial charge in [0.2, 0.25) is 0 Å². The molecule has 1 aliphatic rings. The van der Waals surface area contributed by atoms with Gasteiger partial charge in [0.05, 0.1) is 7.11 Å². The van der Waals surface area contributed by atoms with Crippen molar-refractivity contribution >= 4 is 5.97 Å². The number of nitrogens with zero attached hydrogens (tertiary/aromatic N) is 1. The van der Waals surface area contributed by atoms with Crippen molar-refractivity contribution in [3.05, 3.63) is 35.6 Å². The van der Waals surface area contributed by atoms with Crippen molar-refractivity contribution < 1.29 is 13.9 Å². The second-order valence-electron chi connectivity index (χ2n) is 4.71. The van der Waals surface area contributed by atoms with Crippen LogP contribution in [0.5, 0.6) is 0 Å². The van der Waals surface area contributed by atoms with Gasteiger partial charge >= 0.3 is 5.97 Å². The van der Waals surface area contributed by atoms with E-state index in [-0.39, 0.29) is 11.8 Å². The Balaban J connectivity index is 2.33. The van der Waals surface area contributed by atoms with Crippen LogP contribution in [0.3, 0.4) is 0 Å². The zero-order valence-electron chi connectivity index (χ0n) is 10.7. The summed E-state index contributed by atoms with van der Waals surface area (Å²) in [7, 11) is 1.37. The normalized spacial score (nSPS) is 21.8. The summed E-state index contributed by atoms with van der Waals surface area (Å²) < 4.78 is 18.2.